The number of nitrogens with zero attached hydrogens (tertiary/aromatic N) is 4. The molecule has 4 rings (SSSR count). The van der Waals surface area contributed by atoms with Gasteiger partial charge >= 0.3 is 0 Å². The van der Waals surface area contributed by atoms with E-state index in [-0.39, 0.29) is 17.9 Å². The van der Waals surface area contributed by atoms with Crippen molar-refractivity contribution in [1.29, 1.82) is 0 Å². The molecule has 4 heterocycles. The maximum Gasteiger partial charge on any atom is 0.225 e. The van der Waals surface area contributed by atoms with Gasteiger partial charge in [-0.3, -0.25) is 14.7 Å². The molecule has 8 heteroatoms. The van der Waals surface area contributed by atoms with Crippen LogP contribution in [0, 0.1) is 18.8 Å². The zero-order chi connectivity index (χ0) is 17.2. The summed E-state index contributed by atoms with van der Waals surface area (Å²) in [6.07, 6.45) is 5.32. The molecular formula is C17H21N5O3. The fourth-order valence-corrected chi connectivity index (χ4v) is 3.74. The van der Waals surface area contributed by atoms with Gasteiger partial charge in [0.15, 0.2) is 5.82 Å². The van der Waals surface area contributed by atoms with Crippen LogP contribution < -0.4 is 5.32 Å². The Hall–Kier alpha value is -2.32. The van der Waals surface area contributed by atoms with Gasteiger partial charge in [-0.2, -0.15) is 0 Å². The number of aromatic nitrogens is 3. The highest BCUT2D eigenvalue weighted by molar-refractivity contribution is 5.89. The summed E-state index contributed by atoms with van der Waals surface area (Å²) in [5, 5.41) is 6.85. The van der Waals surface area contributed by atoms with Gasteiger partial charge in [0.05, 0.1) is 24.6 Å². The monoisotopic (exact) mass is 343 g/mol. The highest BCUT2D eigenvalue weighted by Crippen LogP contribution is 2.36. The van der Waals surface area contributed by atoms with Crippen LogP contribution in [0.3, 0.4) is 0 Å². The summed E-state index contributed by atoms with van der Waals surface area (Å²) in [4.78, 5) is 22.6. The predicted octanol–water partition coefficient (Wildman–Crippen LogP) is 1.25. The van der Waals surface area contributed by atoms with Crippen LogP contribution in [0.5, 0.6) is 0 Å². The van der Waals surface area contributed by atoms with E-state index in [4.69, 9.17) is 9.26 Å². The Morgan fingerprint density at radius 2 is 2.32 bits per heavy atom. The Balaban J connectivity index is 1.31. The van der Waals surface area contributed by atoms with Crippen LogP contribution in [0.25, 0.3) is 0 Å². The molecule has 2 fully saturated rings. The van der Waals surface area contributed by atoms with Crippen LogP contribution in [0.15, 0.2) is 29.2 Å². The van der Waals surface area contributed by atoms with Crippen molar-refractivity contribution in [2.45, 2.75) is 26.0 Å². The lowest BCUT2D eigenvalue weighted by molar-refractivity contribution is -0.117. The average molecular weight is 343 g/mol. The van der Waals surface area contributed by atoms with Crippen LogP contribution in [-0.4, -0.2) is 51.7 Å². The molecule has 132 valence electrons. The Morgan fingerprint density at radius 1 is 1.40 bits per heavy atom. The third-order valence-corrected chi connectivity index (χ3v) is 4.86. The lowest BCUT2D eigenvalue weighted by atomic mass is 9.90. The van der Waals surface area contributed by atoms with E-state index >= 15 is 0 Å². The topological polar surface area (TPSA) is 93.4 Å². The molecule has 2 aromatic heterocycles. The van der Waals surface area contributed by atoms with E-state index in [0.29, 0.717) is 24.8 Å². The zero-order valence-corrected chi connectivity index (χ0v) is 14.1. The van der Waals surface area contributed by atoms with E-state index in [2.05, 4.69) is 25.3 Å². The molecule has 2 aliphatic rings. The lowest BCUT2D eigenvalue weighted by Gasteiger charge is -2.18. The zero-order valence-electron chi connectivity index (χ0n) is 14.1. The van der Waals surface area contributed by atoms with Gasteiger partial charge in [-0.25, -0.2) is 4.98 Å². The molecule has 2 aliphatic heterocycles. The molecule has 25 heavy (non-hydrogen) atoms. The van der Waals surface area contributed by atoms with Gasteiger partial charge < -0.3 is 14.6 Å². The maximum atomic E-state index is 12.3. The molecule has 0 saturated carbocycles. The normalized spacial score (nSPS) is 25.9. The summed E-state index contributed by atoms with van der Waals surface area (Å²) in [6.45, 7) is 5.08. The first-order valence-electron chi connectivity index (χ1n) is 8.49. The highest BCUT2D eigenvalue weighted by Gasteiger charge is 2.44. The van der Waals surface area contributed by atoms with Crippen LogP contribution >= 0.6 is 0 Å². The fraction of sp³-hybridized carbons (Fsp3) is 0.529. The summed E-state index contributed by atoms with van der Waals surface area (Å²) >= 11 is 0. The number of hydrogen-bond donors (Lipinski definition) is 1. The van der Waals surface area contributed by atoms with Crippen LogP contribution in [0.1, 0.15) is 17.9 Å². The minimum Gasteiger partial charge on any atom is -0.376 e. The number of anilines is 1. The van der Waals surface area contributed by atoms with Gasteiger partial charge in [-0.1, -0.05) is 5.16 Å². The number of fused-ring (bicyclic) bond motifs is 1. The molecule has 0 radical (unpaired) electrons. The van der Waals surface area contributed by atoms with E-state index in [1.807, 2.05) is 13.0 Å². The standard InChI is InChI=1S/C17H21N5O3/c1-11-4-13(21-25-11)7-22-8-14-12(10-24-15(14)9-22)5-17(23)20-16-6-18-2-3-19-16/h2-4,6,12,14-15H,5,7-10H2,1H3,(H,19,20,23)/t12-,14-,15-/m1/s1. The van der Waals surface area contributed by atoms with Crippen molar-refractivity contribution in [1.82, 2.24) is 20.0 Å². The second-order valence-corrected chi connectivity index (χ2v) is 6.76. The second kappa shape index (κ2) is 6.89. The van der Waals surface area contributed by atoms with Crippen LogP contribution in [-0.2, 0) is 16.1 Å². The SMILES string of the molecule is Cc1cc(CN2C[C@@H]3[C@H](CC(=O)Nc4cnccn4)CO[C@@H]3C2)no1. The second-order valence-electron chi connectivity index (χ2n) is 6.76. The number of amides is 1. The fourth-order valence-electron chi connectivity index (χ4n) is 3.74. The Bertz CT molecular complexity index is 735. The quantitative estimate of drug-likeness (QED) is 0.873. The molecule has 0 spiro atoms. The van der Waals surface area contributed by atoms with Crippen molar-refractivity contribution in [2.75, 3.05) is 25.0 Å². The molecular weight excluding hydrogens is 322 g/mol. The van der Waals surface area contributed by atoms with Gasteiger partial charge in [0.1, 0.15) is 5.76 Å². The minimum absolute atomic E-state index is 0.0414. The molecule has 8 nitrogen and oxygen atoms in total. The summed E-state index contributed by atoms with van der Waals surface area (Å²) < 4.78 is 11.0. The van der Waals surface area contributed by atoms with Crippen LogP contribution in [0.2, 0.25) is 0 Å². The summed E-state index contributed by atoms with van der Waals surface area (Å²) in [7, 11) is 0. The molecule has 1 N–H and O–H groups in total. The van der Waals surface area contributed by atoms with Crippen molar-refractivity contribution in [3.63, 3.8) is 0 Å². The number of carbonyl (C=O) groups is 1. The van der Waals surface area contributed by atoms with Crippen molar-refractivity contribution in [3.8, 4) is 0 Å². The van der Waals surface area contributed by atoms with Gasteiger partial charge in [0.25, 0.3) is 0 Å². The molecule has 2 saturated heterocycles. The number of aryl methyl sites for hydroxylation is 1. The number of nitrogens with one attached hydrogen (secondary N) is 1. The van der Waals surface area contributed by atoms with Gasteiger partial charge in [-0.15, -0.1) is 0 Å². The van der Waals surface area contributed by atoms with Crippen molar-refractivity contribution < 1.29 is 14.1 Å². The average Bonchev–Trinajstić information content (AvgIpc) is 3.27. The van der Waals surface area contributed by atoms with E-state index in [0.717, 1.165) is 31.1 Å². The first-order chi connectivity index (χ1) is 12.2. The summed E-state index contributed by atoms with van der Waals surface area (Å²) in [6, 6.07) is 1.96. The Labute approximate surface area is 145 Å². The molecule has 0 bridgehead atoms. The first-order valence-corrected chi connectivity index (χ1v) is 8.49. The van der Waals surface area contributed by atoms with Crippen LogP contribution in [0.4, 0.5) is 5.82 Å². The van der Waals surface area contributed by atoms with Crippen molar-refractivity contribution in [2.24, 2.45) is 11.8 Å². The molecule has 0 aliphatic carbocycles. The maximum absolute atomic E-state index is 12.3. The minimum atomic E-state index is -0.0414. The highest BCUT2D eigenvalue weighted by atomic mass is 16.5. The molecule has 3 atom stereocenters. The Morgan fingerprint density at radius 3 is 3.08 bits per heavy atom. The third-order valence-electron chi connectivity index (χ3n) is 4.86. The molecule has 0 aromatic carbocycles. The Kier molecular flexibility index (Phi) is 4.46. The molecule has 2 aromatic rings. The number of rotatable bonds is 5. The molecule has 0 unspecified atom stereocenters. The number of hydrogen-bond acceptors (Lipinski definition) is 7. The smallest absolute Gasteiger partial charge is 0.225 e. The third kappa shape index (κ3) is 3.69. The van der Waals surface area contributed by atoms with Crippen molar-refractivity contribution in [3.05, 3.63) is 36.1 Å². The summed E-state index contributed by atoms with van der Waals surface area (Å²) in [5.41, 5.74) is 0.939. The van der Waals surface area contributed by atoms with E-state index < -0.39 is 0 Å². The van der Waals surface area contributed by atoms with E-state index in [1.165, 1.54) is 0 Å². The van der Waals surface area contributed by atoms with Crippen molar-refractivity contribution >= 4 is 11.7 Å². The van der Waals surface area contributed by atoms with Gasteiger partial charge in [0, 0.05) is 50.4 Å². The van der Waals surface area contributed by atoms with E-state index in [1.54, 1.807) is 18.6 Å². The van der Waals surface area contributed by atoms with E-state index in [9.17, 15) is 4.79 Å². The summed E-state index contributed by atoms with van der Waals surface area (Å²) in [5.74, 6) is 1.87. The van der Waals surface area contributed by atoms with Gasteiger partial charge in [-0.05, 0) is 12.8 Å². The number of likely N-dealkylation sites (tertiary alicyclic amines) is 1. The predicted molar refractivity (Wildman–Crippen MR) is 88.5 cm³/mol. The number of carbonyl (C=O) groups excluding carboxylic acids is 1. The van der Waals surface area contributed by atoms with Gasteiger partial charge in [0.2, 0.25) is 5.91 Å². The number of ether oxygens (including phenoxy) is 1. The largest absolute Gasteiger partial charge is 0.376 e. The first kappa shape index (κ1) is 16.2. The lowest BCUT2D eigenvalue weighted by Crippen LogP contribution is -2.26. The molecule has 1 amide bonds.